The van der Waals surface area contributed by atoms with Crippen LogP contribution >= 0.6 is 0 Å². The molecule has 1 aromatic heterocycles. The summed E-state index contributed by atoms with van der Waals surface area (Å²) in [5.41, 5.74) is 4.55. The second-order valence-corrected chi connectivity index (χ2v) is 10.5. The van der Waals surface area contributed by atoms with Gasteiger partial charge in [0.05, 0.1) is 0 Å². The van der Waals surface area contributed by atoms with Crippen molar-refractivity contribution in [1.82, 2.24) is 19.6 Å². The minimum atomic E-state index is 0.0112. The first-order valence-corrected chi connectivity index (χ1v) is 13.4. The third kappa shape index (κ3) is 5.81. The summed E-state index contributed by atoms with van der Waals surface area (Å²) in [6.07, 6.45) is 7.53. The average molecular weight is 486 g/mol. The first-order valence-electron chi connectivity index (χ1n) is 13.4. The largest absolute Gasteiger partial charge is 0.372 e. The van der Waals surface area contributed by atoms with Crippen molar-refractivity contribution in [2.75, 3.05) is 38.1 Å². The molecule has 0 bridgehead atoms. The van der Waals surface area contributed by atoms with Gasteiger partial charge >= 0.3 is 0 Å². The van der Waals surface area contributed by atoms with Crippen LogP contribution in [-0.2, 0) is 20.0 Å². The zero-order valence-corrected chi connectivity index (χ0v) is 21.7. The molecule has 2 fully saturated rings. The highest BCUT2D eigenvalue weighted by Gasteiger charge is 2.32. The number of carbonyl (C=O) groups is 1. The van der Waals surface area contributed by atoms with Gasteiger partial charge in [0.15, 0.2) is 0 Å². The van der Waals surface area contributed by atoms with E-state index in [1.807, 2.05) is 31.3 Å². The number of likely N-dealkylation sites (N-methyl/N-ethyl adjacent to an activating group) is 1. The molecule has 1 unspecified atom stereocenters. The van der Waals surface area contributed by atoms with E-state index < -0.39 is 0 Å². The minimum absolute atomic E-state index is 0.0112. The molecule has 36 heavy (non-hydrogen) atoms. The molecule has 0 aliphatic carbocycles. The van der Waals surface area contributed by atoms with Gasteiger partial charge in [-0.3, -0.25) is 14.4 Å². The Labute approximate surface area is 215 Å². The molecule has 6 nitrogen and oxygen atoms in total. The van der Waals surface area contributed by atoms with Gasteiger partial charge in [-0.05, 0) is 80.4 Å². The van der Waals surface area contributed by atoms with Gasteiger partial charge in [0.2, 0.25) is 0 Å². The van der Waals surface area contributed by atoms with Crippen molar-refractivity contribution < 1.29 is 4.79 Å². The van der Waals surface area contributed by atoms with Crippen molar-refractivity contribution in [2.45, 2.75) is 44.7 Å². The molecule has 3 aromatic rings. The number of aryl methyl sites for hydroxylation is 1. The van der Waals surface area contributed by atoms with Gasteiger partial charge in [-0.15, -0.1) is 0 Å². The predicted molar refractivity (Wildman–Crippen MR) is 145 cm³/mol. The van der Waals surface area contributed by atoms with E-state index in [2.05, 4.69) is 69.5 Å². The number of nitrogens with zero attached hydrogens (tertiary/aromatic N) is 5. The van der Waals surface area contributed by atoms with Gasteiger partial charge in [-0.1, -0.05) is 42.5 Å². The normalized spacial score (nSPS) is 17.9. The summed E-state index contributed by atoms with van der Waals surface area (Å²) in [7, 11) is 3.81. The molecule has 0 radical (unpaired) electrons. The maximum absolute atomic E-state index is 13.3. The van der Waals surface area contributed by atoms with Gasteiger partial charge in [0.25, 0.3) is 5.91 Å². The van der Waals surface area contributed by atoms with Crippen LogP contribution in [0.5, 0.6) is 0 Å². The fourth-order valence-corrected chi connectivity index (χ4v) is 5.88. The number of hydrogen-bond acceptors (Lipinski definition) is 4. The highest BCUT2D eigenvalue weighted by Crippen LogP contribution is 2.28. The highest BCUT2D eigenvalue weighted by molar-refractivity contribution is 5.92. The first-order chi connectivity index (χ1) is 17.6. The molecular weight excluding hydrogens is 446 g/mol. The topological polar surface area (TPSA) is 44.6 Å². The maximum atomic E-state index is 13.3. The van der Waals surface area contributed by atoms with Gasteiger partial charge < -0.3 is 9.80 Å². The summed E-state index contributed by atoms with van der Waals surface area (Å²) < 4.78 is 1.70. The Morgan fingerprint density at radius 1 is 0.944 bits per heavy atom. The van der Waals surface area contributed by atoms with Crippen molar-refractivity contribution >= 4 is 11.6 Å². The van der Waals surface area contributed by atoms with Crippen LogP contribution in [-0.4, -0.2) is 64.8 Å². The number of rotatable bonds is 8. The fourth-order valence-electron chi connectivity index (χ4n) is 5.88. The maximum Gasteiger partial charge on any atom is 0.274 e. The van der Waals surface area contributed by atoms with Crippen molar-refractivity contribution in [3.63, 3.8) is 0 Å². The predicted octanol–water partition coefficient (Wildman–Crippen LogP) is 4.62. The molecule has 0 N–H and O–H groups in total. The summed E-state index contributed by atoms with van der Waals surface area (Å²) in [6, 6.07) is 21.7. The van der Waals surface area contributed by atoms with Crippen LogP contribution in [0.1, 0.15) is 47.3 Å². The van der Waals surface area contributed by atoms with Gasteiger partial charge in [-0.25, -0.2) is 0 Å². The number of amides is 1. The number of piperidine rings is 1. The molecule has 190 valence electrons. The third-order valence-corrected chi connectivity index (χ3v) is 8.03. The Kier molecular flexibility index (Phi) is 7.71. The smallest absolute Gasteiger partial charge is 0.274 e. The van der Waals surface area contributed by atoms with Crippen LogP contribution in [0.4, 0.5) is 5.69 Å². The van der Waals surface area contributed by atoms with Crippen LogP contribution in [0, 0.1) is 5.92 Å². The lowest BCUT2D eigenvalue weighted by molar-refractivity contribution is 0.0579. The average Bonchev–Trinajstić information content (AvgIpc) is 3.61. The van der Waals surface area contributed by atoms with Gasteiger partial charge in [-0.2, -0.15) is 5.10 Å². The van der Waals surface area contributed by atoms with E-state index in [9.17, 15) is 4.79 Å². The van der Waals surface area contributed by atoms with E-state index in [0.29, 0.717) is 11.6 Å². The second kappa shape index (κ2) is 11.3. The van der Waals surface area contributed by atoms with E-state index >= 15 is 0 Å². The van der Waals surface area contributed by atoms with Crippen molar-refractivity contribution in [1.29, 1.82) is 0 Å². The fraction of sp³-hybridized carbons (Fsp3) is 0.467. The van der Waals surface area contributed by atoms with Crippen LogP contribution < -0.4 is 4.90 Å². The molecule has 1 atom stereocenters. The SMILES string of the molecule is CN(C(=O)c1ccn(C)n1)C(Cc1ccccc1)C1CCN(Cc2ccc(N3CCCC3)cc2)CC1. The molecular formula is C30H39N5O. The van der Waals surface area contributed by atoms with E-state index in [-0.39, 0.29) is 11.9 Å². The lowest BCUT2D eigenvalue weighted by atomic mass is 9.84. The minimum Gasteiger partial charge on any atom is -0.372 e. The van der Waals surface area contributed by atoms with Crippen molar-refractivity contribution in [3.05, 3.63) is 83.7 Å². The Morgan fingerprint density at radius 3 is 2.28 bits per heavy atom. The molecule has 0 spiro atoms. The number of anilines is 1. The van der Waals surface area contributed by atoms with Crippen LogP contribution in [0.3, 0.4) is 0 Å². The van der Waals surface area contributed by atoms with E-state index in [0.717, 1.165) is 38.9 Å². The molecule has 5 rings (SSSR count). The number of carbonyl (C=O) groups excluding carboxylic acids is 1. The quantitative estimate of drug-likeness (QED) is 0.467. The molecule has 2 aliphatic rings. The highest BCUT2D eigenvalue weighted by atomic mass is 16.2. The third-order valence-electron chi connectivity index (χ3n) is 8.03. The lowest BCUT2D eigenvalue weighted by Crippen LogP contribution is -2.47. The molecule has 0 saturated carbocycles. The summed E-state index contributed by atoms with van der Waals surface area (Å²) in [5.74, 6) is 0.480. The lowest BCUT2D eigenvalue weighted by Gasteiger charge is -2.40. The summed E-state index contributed by atoms with van der Waals surface area (Å²) in [6.45, 7) is 5.51. The Balaban J connectivity index is 1.22. The first kappa shape index (κ1) is 24.6. The zero-order chi connectivity index (χ0) is 24.9. The standard InChI is InChI=1S/C30H39N5O/c1-32-19-16-28(31-32)30(36)33(2)29(22-24-8-4-3-5-9-24)26-14-20-34(21-15-26)23-25-10-12-27(13-11-25)35-17-6-7-18-35/h3-5,8-13,16,19,26,29H,6-7,14-15,17-18,20-23H2,1-2H3. The summed E-state index contributed by atoms with van der Waals surface area (Å²) in [5, 5.41) is 4.37. The van der Waals surface area contributed by atoms with Gasteiger partial charge in [0, 0.05) is 51.7 Å². The van der Waals surface area contributed by atoms with Crippen LogP contribution in [0.15, 0.2) is 66.9 Å². The number of aromatic nitrogens is 2. The second-order valence-electron chi connectivity index (χ2n) is 10.5. The van der Waals surface area contributed by atoms with E-state index in [1.165, 1.54) is 42.7 Å². The molecule has 6 heteroatoms. The number of benzene rings is 2. The van der Waals surface area contributed by atoms with Crippen molar-refractivity contribution in [3.8, 4) is 0 Å². The molecule has 1 amide bonds. The Hall–Kier alpha value is -3.12. The number of hydrogen-bond donors (Lipinski definition) is 0. The van der Waals surface area contributed by atoms with Gasteiger partial charge in [0.1, 0.15) is 5.69 Å². The molecule has 2 aliphatic heterocycles. The summed E-state index contributed by atoms with van der Waals surface area (Å²) >= 11 is 0. The Bertz CT molecular complexity index is 1110. The Morgan fingerprint density at radius 2 is 1.64 bits per heavy atom. The monoisotopic (exact) mass is 485 g/mol. The molecule has 3 heterocycles. The van der Waals surface area contributed by atoms with Crippen LogP contribution in [0.2, 0.25) is 0 Å². The van der Waals surface area contributed by atoms with Crippen molar-refractivity contribution in [2.24, 2.45) is 13.0 Å². The van der Waals surface area contributed by atoms with E-state index in [1.54, 1.807) is 4.68 Å². The van der Waals surface area contributed by atoms with E-state index in [4.69, 9.17) is 0 Å². The molecule has 2 aromatic carbocycles. The summed E-state index contributed by atoms with van der Waals surface area (Å²) in [4.78, 5) is 20.3. The van der Waals surface area contributed by atoms with Crippen LogP contribution in [0.25, 0.3) is 0 Å². The number of likely N-dealkylation sites (tertiary alicyclic amines) is 1. The zero-order valence-electron chi connectivity index (χ0n) is 21.7. The molecule has 2 saturated heterocycles.